The van der Waals surface area contributed by atoms with Gasteiger partial charge in [0.2, 0.25) is 0 Å². The summed E-state index contributed by atoms with van der Waals surface area (Å²) in [6.45, 7) is 0.815. The van der Waals surface area contributed by atoms with Crippen LogP contribution in [0.15, 0.2) is 24.3 Å². The lowest BCUT2D eigenvalue weighted by Gasteiger charge is -2.37. The van der Waals surface area contributed by atoms with Crippen LogP contribution in [0.1, 0.15) is 37.3 Å². The van der Waals surface area contributed by atoms with E-state index in [1.165, 1.54) is 31.2 Å². The molecule has 1 saturated carbocycles. The van der Waals surface area contributed by atoms with Gasteiger partial charge in [0.05, 0.1) is 0 Å². The third-order valence-electron chi connectivity index (χ3n) is 4.44. The number of hydrogen-bond donors (Lipinski definition) is 1. The molecule has 0 bridgehead atoms. The van der Waals surface area contributed by atoms with Crippen LogP contribution in [0.4, 0.5) is 4.39 Å². The van der Waals surface area contributed by atoms with E-state index in [0.29, 0.717) is 17.9 Å². The molecule has 0 amide bonds. The summed E-state index contributed by atoms with van der Waals surface area (Å²) in [6.07, 6.45) is 4.91. The van der Waals surface area contributed by atoms with Crippen LogP contribution >= 0.6 is 0 Å². The maximum atomic E-state index is 13.1. The maximum Gasteiger partial charge on any atom is 0.123 e. The second kappa shape index (κ2) is 6.49. The summed E-state index contributed by atoms with van der Waals surface area (Å²) >= 11 is 0. The van der Waals surface area contributed by atoms with Crippen molar-refractivity contribution in [2.24, 2.45) is 17.6 Å². The van der Waals surface area contributed by atoms with Gasteiger partial charge in [-0.25, -0.2) is 4.39 Å². The van der Waals surface area contributed by atoms with Gasteiger partial charge in [-0.3, -0.25) is 0 Å². The van der Waals surface area contributed by atoms with Gasteiger partial charge in [0, 0.05) is 6.04 Å². The average molecular weight is 264 g/mol. The summed E-state index contributed by atoms with van der Waals surface area (Å²) < 4.78 is 13.1. The molecule has 2 rings (SSSR count). The Morgan fingerprint density at radius 3 is 2.21 bits per heavy atom. The van der Waals surface area contributed by atoms with Crippen LogP contribution in [0.3, 0.4) is 0 Å². The lowest BCUT2D eigenvalue weighted by Crippen LogP contribution is -2.31. The molecule has 0 radical (unpaired) electrons. The van der Waals surface area contributed by atoms with Crippen LogP contribution in [0.25, 0.3) is 0 Å². The van der Waals surface area contributed by atoms with Crippen LogP contribution in [0, 0.1) is 17.7 Å². The zero-order valence-electron chi connectivity index (χ0n) is 12.0. The fourth-order valence-electron chi connectivity index (χ4n) is 3.39. The van der Waals surface area contributed by atoms with E-state index in [-0.39, 0.29) is 5.82 Å². The molecule has 0 aromatic heterocycles. The predicted molar refractivity (Wildman–Crippen MR) is 77.3 cm³/mol. The molecular weight excluding hydrogens is 239 g/mol. The van der Waals surface area contributed by atoms with E-state index >= 15 is 0 Å². The van der Waals surface area contributed by atoms with E-state index in [9.17, 15) is 4.39 Å². The van der Waals surface area contributed by atoms with Gasteiger partial charge in [0.15, 0.2) is 0 Å². The summed E-state index contributed by atoms with van der Waals surface area (Å²) in [5.41, 5.74) is 6.98. The maximum absolute atomic E-state index is 13.1. The topological polar surface area (TPSA) is 29.3 Å². The summed E-state index contributed by atoms with van der Waals surface area (Å²) in [6, 6.07) is 7.37. The summed E-state index contributed by atoms with van der Waals surface area (Å²) in [7, 11) is 4.23. The first-order chi connectivity index (χ1) is 9.11. The third kappa shape index (κ3) is 3.54. The van der Waals surface area contributed by atoms with Crippen molar-refractivity contribution < 1.29 is 4.39 Å². The Bertz CT molecular complexity index is 380. The van der Waals surface area contributed by atoms with E-state index in [0.717, 1.165) is 6.54 Å². The number of rotatable bonds is 4. The Balaban J connectivity index is 2.10. The third-order valence-corrected chi connectivity index (χ3v) is 4.44. The summed E-state index contributed by atoms with van der Waals surface area (Å²) in [5, 5.41) is 0. The largest absolute Gasteiger partial charge is 0.330 e. The average Bonchev–Trinajstić information content (AvgIpc) is 2.42. The van der Waals surface area contributed by atoms with Crippen LogP contribution in [-0.4, -0.2) is 25.5 Å². The van der Waals surface area contributed by atoms with Crippen molar-refractivity contribution in [1.82, 2.24) is 4.90 Å². The molecule has 2 N–H and O–H groups in total. The Morgan fingerprint density at radius 2 is 1.74 bits per heavy atom. The van der Waals surface area contributed by atoms with Crippen LogP contribution in [0.5, 0.6) is 0 Å². The van der Waals surface area contributed by atoms with Crippen LogP contribution < -0.4 is 5.73 Å². The second-order valence-corrected chi connectivity index (χ2v) is 5.98. The lowest BCUT2D eigenvalue weighted by atomic mass is 9.76. The first-order valence-electron chi connectivity index (χ1n) is 7.23. The van der Waals surface area contributed by atoms with Gasteiger partial charge in [-0.1, -0.05) is 12.1 Å². The molecule has 0 heterocycles. The molecule has 1 atom stereocenters. The molecule has 1 aliphatic carbocycles. The number of benzene rings is 1. The lowest BCUT2D eigenvalue weighted by molar-refractivity contribution is 0.151. The molecule has 1 unspecified atom stereocenters. The molecule has 1 aromatic carbocycles. The second-order valence-electron chi connectivity index (χ2n) is 5.98. The number of hydrogen-bond acceptors (Lipinski definition) is 2. The Hall–Kier alpha value is -0.930. The molecule has 1 aromatic rings. The monoisotopic (exact) mass is 264 g/mol. The molecule has 19 heavy (non-hydrogen) atoms. The smallest absolute Gasteiger partial charge is 0.123 e. The highest BCUT2D eigenvalue weighted by Crippen LogP contribution is 2.38. The highest BCUT2D eigenvalue weighted by Gasteiger charge is 2.29. The van der Waals surface area contributed by atoms with Crippen molar-refractivity contribution in [2.45, 2.75) is 31.7 Å². The minimum Gasteiger partial charge on any atom is -0.330 e. The van der Waals surface area contributed by atoms with Crippen molar-refractivity contribution in [3.8, 4) is 0 Å². The zero-order chi connectivity index (χ0) is 13.8. The van der Waals surface area contributed by atoms with E-state index in [1.807, 2.05) is 12.1 Å². The number of halogens is 1. The fraction of sp³-hybridized carbons (Fsp3) is 0.625. The van der Waals surface area contributed by atoms with Gasteiger partial charge in [-0.2, -0.15) is 0 Å². The van der Waals surface area contributed by atoms with Gasteiger partial charge in [-0.05, 0) is 75.9 Å². The summed E-state index contributed by atoms with van der Waals surface area (Å²) in [4.78, 5) is 2.26. The standard InChI is InChI=1S/C16H25FN2/c1-19(2)16(14-7-9-15(17)10-8-14)13-5-3-12(11-18)4-6-13/h7-10,12-13,16H,3-6,11,18H2,1-2H3. The van der Waals surface area contributed by atoms with E-state index < -0.39 is 0 Å². The predicted octanol–water partition coefficient (Wildman–Crippen LogP) is 3.19. The van der Waals surface area contributed by atoms with Gasteiger partial charge >= 0.3 is 0 Å². The Labute approximate surface area is 115 Å². The SMILES string of the molecule is CN(C)C(c1ccc(F)cc1)C1CCC(CN)CC1. The molecule has 2 nitrogen and oxygen atoms in total. The highest BCUT2D eigenvalue weighted by atomic mass is 19.1. The molecule has 1 aliphatic rings. The van der Waals surface area contributed by atoms with E-state index in [1.54, 1.807) is 12.1 Å². The molecule has 1 fully saturated rings. The van der Waals surface area contributed by atoms with Crippen LogP contribution in [-0.2, 0) is 0 Å². The van der Waals surface area contributed by atoms with Crippen molar-refractivity contribution in [3.05, 3.63) is 35.6 Å². The first-order valence-corrected chi connectivity index (χ1v) is 7.23. The van der Waals surface area contributed by atoms with E-state index in [4.69, 9.17) is 5.73 Å². The number of nitrogens with zero attached hydrogens (tertiary/aromatic N) is 1. The first kappa shape index (κ1) is 14.5. The van der Waals surface area contributed by atoms with E-state index in [2.05, 4.69) is 19.0 Å². The minimum atomic E-state index is -0.159. The quantitative estimate of drug-likeness (QED) is 0.905. The molecule has 0 spiro atoms. The highest BCUT2D eigenvalue weighted by molar-refractivity contribution is 5.21. The Morgan fingerprint density at radius 1 is 1.16 bits per heavy atom. The van der Waals surface area contributed by atoms with Gasteiger partial charge in [-0.15, -0.1) is 0 Å². The van der Waals surface area contributed by atoms with Crippen molar-refractivity contribution in [3.63, 3.8) is 0 Å². The van der Waals surface area contributed by atoms with Gasteiger partial charge < -0.3 is 10.6 Å². The zero-order valence-corrected chi connectivity index (χ0v) is 12.0. The van der Waals surface area contributed by atoms with Crippen molar-refractivity contribution in [1.29, 1.82) is 0 Å². The molecule has 106 valence electrons. The van der Waals surface area contributed by atoms with Gasteiger partial charge in [0.1, 0.15) is 5.82 Å². The molecular formula is C16H25FN2. The van der Waals surface area contributed by atoms with Gasteiger partial charge in [0.25, 0.3) is 0 Å². The molecule has 3 heteroatoms. The molecule has 0 aliphatic heterocycles. The number of nitrogens with two attached hydrogens (primary N) is 1. The van der Waals surface area contributed by atoms with Crippen molar-refractivity contribution in [2.75, 3.05) is 20.6 Å². The van der Waals surface area contributed by atoms with Crippen molar-refractivity contribution >= 4 is 0 Å². The van der Waals surface area contributed by atoms with Crippen LogP contribution in [0.2, 0.25) is 0 Å². The normalized spacial score (nSPS) is 25.5. The molecule has 0 saturated heterocycles. The fourth-order valence-corrected chi connectivity index (χ4v) is 3.39. The summed E-state index contributed by atoms with van der Waals surface area (Å²) in [5.74, 6) is 1.20. The minimum absolute atomic E-state index is 0.159. The Kier molecular flexibility index (Phi) is 4.94.